The van der Waals surface area contributed by atoms with Crippen LogP contribution in [-0.2, 0) is 16.0 Å². The van der Waals surface area contributed by atoms with Crippen molar-refractivity contribution in [2.24, 2.45) is 0 Å². The lowest BCUT2D eigenvalue weighted by molar-refractivity contribution is -0.113. The average molecular weight is 403 g/mol. The molecule has 0 spiro atoms. The number of nitrogens with one attached hydrogen (secondary N) is 1. The highest BCUT2D eigenvalue weighted by molar-refractivity contribution is 8.00. The van der Waals surface area contributed by atoms with Crippen LogP contribution in [0, 0.1) is 6.92 Å². The second-order valence-electron chi connectivity index (χ2n) is 5.58. The number of aromatic nitrogens is 3. The van der Waals surface area contributed by atoms with Gasteiger partial charge in [-0.1, -0.05) is 48.2 Å². The summed E-state index contributed by atoms with van der Waals surface area (Å²) >= 11 is 2.45. The lowest BCUT2D eigenvalue weighted by Crippen LogP contribution is -2.14. The van der Waals surface area contributed by atoms with Crippen LogP contribution in [0.1, 0.15) is 28.1 Å². The number of hydrogen-bond donors (Lipinski definition) is 1. The molecule has 27 heavy (non-hydrogen) atoms. The van der Waals surface area contributed by atoms with Crippen LogP contribution in [0.2, 0.25) is 0 Å². The minimum absolute atomic E-state index is 0.177. The smallest absolute Gasteiger partial charge is 0.350 e. The summed E-state index contributed by atoms with van der Waals surface area (Å²) in [5, 5.41) is 4.80. The molecule has 2 heterocycles. The molecule has 1 N–H and O–H groups in total. The number of thioether (sulfide) groups is 1. The second kappa shape index (κ2) is 8.45. The Hall–Kier alpha value is -2.52. The summed E-state index contributed by atoms with van der Waals surface area (Å²) in [5.41, 5.74) is 1.40. The van der Waals surface area contributed by atoms with Gasteiger partial charge in [0.2, 0.25) is 5.91 Å². The summed E-state index contributed by atoms with van der Waals surface area (Å²) < 4.78 is 4.70. The van der Waals surface area contributed by atoms with Crippen LogP contribution < -0.4 is 5.32 Å². The van der Waals surface area contributed by atoms with Gasteiger partial charge in [-0.25, -0.2) is 19.7 Å². The number of ether oxygens (including phenoxy) is 1. The van der Waals surface area contributed by atoms with Crippen LogP contribution in [0.3, 0.4) is 0 Å². The summed E-state index contributed by atoms with van der Waals surface area (Å²) in [4.78, 5) is 37.6. The van der Waals surface area contributed by atoms with Gasteiger partial charge in [0, 0.05) is 11.8 Å². The van der Waals surface area contributed by atoms with Gasteiger partial charge in [-0.05, 0) is 13.0 Å². The van der Waals surface area contributed by atoms with E-state index in [0.29, 0.717) is 15.7 Å². The highest BCUT2D eigenvalue weighted by Gasteiger charge is 2.17. The van der Waals surface area contributed by atoms with E-state index in [4.69, 9.17) is 4.74 Å². The van der Waals surface area contributed by atoms with E-state index in [9.17, 15) is 9.59 Å². The molecule has 0 saturated heterocycles. The standard InChI is InChI=1S/C18H18N4O3S2/c1-4-13-20-12-8-6-5-7-11(12)16(21-13)26-9-14(23)22-18-19-10(2)15(27-18)17(24)25-3/h5-8H,4,9H2,1-3H3,(H,19,22,23). The summed E-state index contributed by atoms with van der Waals surface area (Å²) in [5.74, 6) is 0.247. The maximum atomic E-state index is 12.3. The van der Waals surface area contributed by atoms with Crippen molar-refractivity contribution in [1.82, 2.24) is 15.0 Å². The van der Waals surface area contributed by atoms with Crippen molar-refractivity contribution in [3.05, 3.63) is 40.7 Å². The predicted octanol–water partition coefficient (Wildman–Crippen LogP) is 3.47. The first-order chi connectivity index (χ1) is 13.0. The molecule has 0 aliphatic carbocycles. The third kappa shape index (κ3) is 4.42. The summed E-state index contributed by atoms with van der Waals surface area (Å²) in [6, 6.07) is 7.74. The first-order valence-electron chi connectivity index (χ1n) is 8.25. The average Bonchev–Trinajstić information content (AvgIpc) is 3.05. The number of rotatable bonds is 6. The van der Waals surface area contributed by atoms with Crippen LogP contribution in [0.25, 0.3) is 10.9 Å². The molecule has 1 aromatic carbocycles. The number of carbonyl (C=O) groups excluding carboxylic acids is 2. The number of nitrogens with zero attached hydrogens (tertiary/aromatic N) is 3. The van der Waals surface area contributed by atoms with Crippen molar-refractivity contribution < 1.29 is 14.3 Å². The monoisotopic (exact) mass is 402 g/mol. The van der Waals surface area contributed by atoms with E-state index >= 15 is 0 Å². The number of thiazole rings is 1. The minimum atomic E-state index is -0.459. The molecule has 3 aromatic rings. The van der Waals surface area contributed by atoms with Crippen molar-refractivity contribution in [3.8, 4) is 0 Å². The first-order valence-corrected chi connectivity index (χ1v) is 10.1. The zero-order valence-corrected chi connectivity index (χ0v) is 16.7. The van der Waals surface area contributed by atoms with Crippen molar-refractivity contribution in [3.63, 3.8) is 0 Å². The topological polar surface area (TPSA) is 94.1 Å². The number of aryl methyl sites for hydroxylation is 2. The third-order valence-electron chi connectivity index (χ3n) is 3.68. The maximum Gasteiger partial charge on any atom is 0.350 e. The van der Waals surface area contributed by atoms with Crippen LogP contribution >= 0.6 is 23.1 Å². The molecular formula is C18H18N4O3S2. The highest BCUT2D eigenvalue weighted by Crippen LogP contribution is 2.27. The fraction of sp³-hybridized carbons (Fsp3) is 0.278. The van der Waals surface area contributed by atoms with Crippen LogP contribution in [0.5, 0.6) is 0 Å². The quantitative estimate of drug-likeness (QED) is 0.383. The molecule has 9 heteroatoms. The number of amides is 1. The van der Waals surface area contributed by atoms with E-state index < -0.39 is 5.97 Å². The van der Waals surface area contributed by atoms with Gasteiger partial charge >= 0.3 is 5.97 Å². The maximum absolute atomic E-state index is 12.3. The number of benzene rings is 1. The highest BCUT2D eigenvalue weighted by atomic mass is 32.2. The summed E-state index contributed by atoms with van der Waals surface area (Å²) in [6.07, 6.45) is 0.722. The third-order valence-corrected chi connectivity index (χ3v) is 5.73. The Balaban J connectivity index is 1.71. The van der Waals surface area contributed by atoms with Gasteiger partial charge in [0.05, 0.1) is 24.1 Å². The Morgan fingerprint density at radius 2 is 2.00 bits per heavy atom. The Labute approximate surface area is 164 Å². The van der Waals surface area contributed by atoms with Crippen LogP contribution in [0.15, 0.2) is 29.3 Å². The molecule has 2 aromatic heterocycles. The molecule has 0 aliphatic heterocycles. The Morgan fingerprint density at radius 1 is 1.22 bits per heavy atom. The minimum Gasteiger partial charge on any atom is -0.465 e. The van der Waals surface area contributed by atoms with E-state index in [-0.39, 0.29) is 11.7 Å². The van der Waals surface area contributed by atoms with E-state index in [0.717, 1.165) is 39.5 Å². The molecule has 0 unspecified atom stereocenters. The number of methoxy groups -OCH3 is 1. The predicted molar refractivity (Wildman–Crippen MR) is 106 cm³/mol. The molecule has 0 radical (unpaired) electrons. The first kappa shape index (κ1) is 19.2. The van der Waals surface area contributed by atoms with Gasteiger partial charge in [0.25, 0.3) is 0 Å². The summed E-state index contributed by atoms with van der Waals surface area (Å²) in [7, 11) is 1.31. The number of fused-ring (bicyclic) bond motifs is 1. The van der Waals surface area contributed by atoms with Crippen LogP contribution in [-0.4, -0.2) is 39.7 Å². The normalized spacial score (nSPS) is 10.8. The van der Waals surface area contributed by atoms with Crippen molar-refractivity contribution in [2.45, 2.75) is 25.3 Å². The molecule has 140 valence electrons. The van der Waals surface area contributed by atoms with Gasteiger partial charge < -0.3 is 10.1 Å². The number of hydrogen-bond acceptors (Lipinski definition) is 8. The van der Waals surface area contributed by atoms with Crippen molar-refractivity contribution in [1.29, 1.82) is 0 Å². The molecular weight excluding hydrogens is 384 g/mol. The Bertz CT molecular complexity index is 1000. The van der Waals surface area contributed by atoms with E-state index in [2.05, 4.69) is 20.3 Å². The van der Waals surface area contributed by atoms with Gasteiger partial charge in [-0.15, -0.1) is 0 Å². The zero-order valence-electron chi connectivity index (χ0n) is 15.1. The Kier molecular flexibility index (Phi) is 6.02. The second-order valence-corrected chi connectivity index (χ2v) is 7.54. The van der Waals surface area contributed by atoms with Gasteiger partial charge in [-0.2, -0.15) is 0 Å². The zero-order chi connectivity index (χ0) is 19.4. The van der Waals surface area contributed by atoms with E-state index in [1.165, 1.54) is 18.9 Å². The Morgan fingerprint density at radius 3 is 2.74 bits per heavy atom. The van der Waals surface area contributed by atoms with Gasteiger partial charge in [0.15, 0.2) is 5.13 Å². The molecule has 0 bridgehead atoms. The lowest BCUT2D eigenvalue weighted by atomic mass is 10.2. The SMILES string of the molecule is CCc1nc(SCC(=O)Nc2nc(C)c(C(=O)OC)s2)c2ccccc2n1. The molecule has 1 amide bonds. The van der Waals surface area contributed by atoms with Crippen molar-refractivity contribution in [2.75, 3.05) is 18.2 Å². The molecule has 0 aliphatic rings. The molecule has 7 nitrogen and oxygen atoms in total. The fourth-order valence-electron chi connectivity index (χ4n) is 2.38. The van der Waals surface area contributed by atoms with Gasteiger partial charge in [-0.3, -0.25) is 4.79 Å². The molecule has 3 rings (SSSR count). The molecule has 0 atom stereocenters. The number of anilines is 1. The van der Waals surface area contributed by atoms with Crippen molar-refractivity contribution >= 4 is 51.0 Å². The molecule has 0 saturated carbocycles. The number of para-hydroxylation sites is 1. The molecule has 0 fully saturated rings. The van der Waals surface area contributed by atoms with E-state index in [1.54, 1.807) is 6.92 Å². The largest absolute Gasteiger partial charge is 0.465 e. The van der Waals surface area contributed by atoms with Gasteiger partial charge in [0.1, 0.15) is 15.7 Å². The van der Waals surface area contributed by atoms with Crippen LogP contribution in [0.4, 0.5) is 5.13 Å². The van der Waals surface area contributed by atoms with E-state index in [1.807, 2.05) is 31.2 Å². The number of esters is 1. The summed E-state index contributed by atoms with van der Waals surface area (Å²) in [6.45, 7) is 3.70. The lowest BCUT2D eigenvalue weighted by Gasteiger charge is -2.07. The fourth-order valence-corrected chi connectivity index (χ4v) is 4.12. The number of carbonyl (C=O) groups is 2.